The molecule has 0 aromatic rings. The van der Waals surface area contributed by atoms with E-state index >= 15 is 0 Å². The molecule has 0 heterocycles. The Morgan fingerprint density at radius 1 is 0.618 bits per heavy atom. The third-order valence-electron chi connectivity index (χ3n) is 6.72. The van der Waals surface area contributed by atoms with Crippen LogP contribution in [0.25, 0.3) is 0 Å². The molecule has 0 spiro atoms. The zero-order chi connectivity index (χ0) is 25.5. The van der Waals surface area contributed by atoms with Gasteiger partial charge in [-0.1, -0.05) is 123 Å². The van der Waals surface area contributed by atoms with Crippen molar-refractivity contribution in [3.05, 3.63) is 12.2 Å². The van der Waals surface area contributed by atoms with E-state index in [1.807, 2.05) is 6.92 Å². The summed E-state index contributed by atoms with van der Waals surface area (Å²) in [5.74, 6) is -0.450. The van der Waals surface area contributed by atoms with Crippen molar-refractivity contribution >= 4 is 11.9 Å². The Morgan fingerprint density at radius 2 is 0.971 bits per heavy atom. The lowest BCUT2D eigenvalue weighted by Crippen LogP contribution is -2.38. The number of carbonyl (C=O) groups is 2. The highest BCUT2D eigenvalue weighted by Gasteiger charge is 2.31. The van der Waals surface area contributed by atoms with Crippen molar-refractivity contribution in [3.8, 4) is 0 Å². The van der Waals surface area contributed by atoms with Crippen molar-refractivity contribution in [2.45, 2.75) is 162 Å². The van der Waals surface area contributed by atoms with Gasteiger partial charge in [0.25, 0.3) is 0 Å². The Balaban J connectivity index is 3.96. The van der Waals surface area contributed by atoms with Crippen LogP contribution >= 0.6 is 0 Å². The summed E-state index contributed by atoms with van der Waals surface area (Å²) in [4.78, 5) is 24.5. The molecule has 4 nitrogen and oxygen atoms in total. The van der Waals surface area contributed by atoms with Crippen molar-refractivity contribution in [2.75, 3.05) is 6.61 Å². The normalized spacial score (nSPS) is 12.8. The van der Waals surface area contributed by atoms with Gasteiger partial charge in [-0.3, -0.25) is 9.59 Å². The molecule has 0 aliphatic heterocycles. The average molecular weight is 481 g/mol. The molecule has 0 saturated carbocycles. The van der Waals surface area contributed by atoms with E-state index in [0.717, 1.165) is 25.7 Å². The number of rotatable bonds is 24. The molecule has 34 heavy (non-hydrogen) atoms. The zero-order valence-electron chi connectivity index (χ0n) is 23.2. The van der Waals surface area contributed by atoms with Crippen LogP contribution < -0.4 is 0 Å². The second-order valence-electron chi connectivity index (χ2n) is 10.3. The number of carbonyl (C=O) groups excluding carboxylic acids is 2. The predicted octanol–water partition coefficient (Wildman–Crippen LogP) is 9.25. The van der Waals surface area contributed by atoms with Crippen molar-refractivity contribution in [1.82, 2.24) is 0 Å². The topological polar surface area (TPSA) is 52.6 Å². The Kier molecular flexibility index (Phi) is 21.3. The SMILES string of the molecule is C=C(C)C(C)(COC(=O)CCCCCCCCCCC)OC(=O)CCCCCCCCCCC. The molecule has 0 amide bonds. The smallest absolute Gasteiger partial charge is 0.306 e. The third kappa shape index (κ3) is 19.0. The van der Waals surface area contributed by atoms with Crippen molar-refractivity contribution in [1.29, 1.82) is 0 Å². The number of hydrogen-bond donors (Lipinski definition) is 0. The monoisotopic (exact) mass is 480 g/mol. The van der Waals surface area contributed by atoms with Crippen LogP contribution in [-0.4, -0.2) is 24.1 Å². The number of unbranched alkanes of at least 4 members (excludes halogenated alkanes) is 16. The molecule has 200 valence electrons. The summed E-state index contributed by atoms with van der Waals surface area (Å²) in [5.41, 5.74) is -0.256. The molecule has 0 rings (SSSR count). The molecule has 0 saturated heterocycles. The molecular formula is C30H56O4. The molecule has 0 radical (unpaired) electrons. The molecule has 4 heteroatoms. The van der Waals surface area contributed by atoms with E-state index in [4.69, 9.17) is 9.47 Å². The van der Waals surface area contributed by atoms with Crippen LogP contribution in [0.3, 0.4) is 0 Å². The van der Waals surface area contributed by atoms with E-state index in [2.05, 4.69) is 20.4 Å². The van der Waals surface area contributed by atoms with Crippen molar-refractivity contribution < 1.29 is 19.1 Å². The predicted molar refractivity (Wildman–Crippen MR) is 144 cm³/mol. The number of esters is 2. The summed E-state index contributed by atoms with van der Waals surface area (Å²) >= 11 is 0. The summed E-state index contributed by atoms with van der Waals surface area (Å²) in [6.07, 6.45) is 22.7. The van der Waals surface area contributed by atoms with Crippen LogP contribution in [0.2, 0.25) is 0 Å². The molecule has 0 aromatic heterocycles. The van der Waals surface area contributed by atoms with Crippen LogP contribution in [0.15, 0.2) is 12.2 Å². The second-order valence-corrected chi connectivity index (χ2v) is 10.3. The minimum atomic E-state index is -0.954. The zero-order valence-corrected chi connectivity index (χ0v) is 23.2. The van der Waals surface area contributed by atoms with Crippen molar-refractivity contribution in [2.24, 2.45) is 0 Å². The van der Waals surface area contributed by atoms with Crippen LogP contribution in [0.5, 0.6) is 0 Å². The number of hydrogen-bond acceptors (Lipinski definition) is 4. The van der Waals surface area contributed by atoms with Crippen LogP contribution in [0, 0.1) is 0 Å². The Labute approximate surface area is 211 Å². The lowest BCUT2D eigenvalue weighted by Gasteiger charge is -2.29. The van der Waals surface area contributed by atoms with Crippen LogP contribution in [0.4, 0.5) is 0 Å². The largest absolute Gasteiger partial charge is 0.461 e. The molecule has 0 aliphatic rings. The van der Waals surface area contributed by atoms with Gasteiger partial charge in [0.15, 0.2) is 5.60 Å². The summed E-state index contributed by atoms with van der Waals surface area (Å²) in [7, 11) is 0. The highest BCUT2D eigenvalue weighted by atomic mass is 16.6. The molecule has 1 atom stereocenters. The fourth-order valence-corrected chi connectivity index (χ4v) is 3.99. The fourth-order valence-electron chi connectivity index (χ4n) is 3.99. The second kappa shape index (κ2) is 22.2. The van der Waals surface area contributed by atoms with Gasteiger partial charge in [-0.25, -0.2) is 0 Å². The molecule has 0 fully saturated rings. The average Bonchev–Trinajstić information content (AvgIpc) is 2.80. The van der Waals surface area contributed by atoms with Gasteiger partial charge in [0.1, 0.15) is 6.61 Å². The molecule has 0 bridgehead atoms. The summed E-state index contributed by atoms with van der Waals surface area (Å²) in [6.45, 7) is 12.1. The minimum absolute atomic E-state index is 0.0437. The van der Waals surface area contributed by atoms with Gasteiger partial charge in [0, 0.05) is 12.8 Å². The maximum Gasteiger partial charge on any atom is 0.306 e. The van der Waals surface area contributed by atoms with Crippen LogP contribution in [0.1, 0.15) is 156 Å². The molecule has 1 unspecified atom stereocenters. The maximum atomic E-state index is 12.4. The van der Waals surface area contributed by atoms with E-state index in [1.54, 1.807) is 6.92 Å². The van der Waals surface area contributed by atoms with E-state index in [-0.39, 0.29) is 18.5 Å². The third-order valence-corrected chi connectivity index (χ3v) is 6.72. The number of ether oxygens (including phenoxy) is 2. The van der Waals surface area contributed by atoms with Gasteiger partial charge >= 0.3 is 11.9 Å². The van der Waals surface area contributed by atoms with Crippen molar-refractivity contribution in [3.63, 3.8) is 0 Å². The molecule has 0 aromatic carbocycles. The van der Waals surface area contributed by atoms with Gasteiger partial charge in [-0.15, -0.1) is 0 Å². The first-order valence-electron chi connectivity index (χ1n) is 14.4. The Hall–Kier alpha value is -1.32. The highest BCUT2D eigenvalue weighted by Crippen LogP contribution is 2.22. The first kappa shape index (κ1) is 32.7. The van der Waals surface area contributed by atoms with Gasteiger partial charge < -0.3 is 9.47 Å². The van der Waals surface area contributed by atoms with Gasteiger partial charge in [-0.2, -0.15) is 0 Å². The molecular weight excluding hydrogens is 424 g/mol. The lowest BCUT2D eigenvalue weighted by molar-refractivity contribution is -0.166. The fraction of sp³-hybridized carbons (Fsp3) is 0.867. The Bertz CT molecular complexity index is 528. The van der Waals surface area contributed by atoms with Gasteiger partial charge in [-0.05, 0) is 32.3 Å². The summed E-state index contributed by atoms with van der Waals surface area (Å²) in [5, 5.41) is 0. The van der Waals surface area contributed by atoms with E-state index < -0.39 is 5.60 Å². The standard InChI is InChI=1S/C30H56O4/c1-6-8-10-12-14-16-18-20-22-24-28(31)33-26-30(5,27(3)4)34-29(32)25-23-21-19-17-15-13-11-9-7-2/h3,6-26H2,1-2,4-5H3. The maximum absolute atomic E-state index is 12.4. The first-order chi connectivity index (χ1) is 16.4. The van der Waals surface area contributed by atoms with Crippen LogP contribution in [-0.2, 0) is 19.1 Å². The summed E-state index contributed by atoms with van der Waals surface area (Å²) < 4.78 is 11.2. The van der Waals surface area contributed by atoms with E-state index in [1.165, 1.54) is 89.9 Å². The van der Waals surface area contributed by atoms with Gasteiger partial charge in [0.2, 0.25) is 0 Å². The molecule has 0 N–H and O–H groups in total. The van der Waals surface area contributed by atoms with Gasteiger partial charge in [0.05, 0.1) is 0 Å². The minimum Gasteiger partial charge on any atom is -0.461 e. The molecule has 0 aliphatic carbocycles. The van der Waals surface area contributed by atoms with E-state index in [9.17, 15) is 9.59 Å². The lowest BCUT2D eigenvalue weighted by atomic mass is 9.99. The highest BCUT2D eigenvalue weighted by molar-refractivity contribution is 5.71. The van der Waals surface area contributed by atoms with E-state index in [0.29, 0.717) is 18.4 Å². The first-order valence-corrected chi connectivity index (χ1v) is 14.4. The Morgan fingerprint density at radius 3 is 1.35 bits per heavy atom. The quantitative estimate of drug-likeness (QED) is 0.0784. The summed E-state index contributed by atoms with van der Waals surface area (Å²) in [6, 6.07) is 0.